The van der Waals surface area contributed by atoms with Crippen molar-refractivity contribution in [2.75, 3.05) is 24.3 Å². The molecule has 0 bridgehead atoms. The van der Waals surface area contributed by atoms with Gasteiger partial charge >= 0.3 is 0 Å². The maximum Gasteiger partial charge on any atom is 0.258 e. The van der Waals surface area contributed by atoms with Crippen LogP contribution in [0.4, 0.5) is 16.0 Å². The summed E-state index contributed by atoms with van der Waals surface area (Å²) < 4.78 is 18.1. The summed E-state index contributed by atoms with van der Waals surface area (Å²) >= 11 is 0. The van der Waals surface area contributed by atoms with Crippen LogP contribution >= 0.6 is 0 Å². The maximum atomic E-state index is 12.9. The number of rotatable bonds is 7. The van der Waals surface area contributed by atoms with Gasteiger partial charge in [-0.3, -0.25) is 4.79 Å². The molecule has 0 radical (unpaired) electrons. The van der Waals surface area contributed by atoms with E-state index in [1.54, 1.807) is 31.4 Å². The van der Waals surface area contributed by atoms with Crippen LogP contribution in [0.3, 0.4) is 0 Å². The fraction of sp³-hybridized carbons (Fsp3) is 0.150. The normalized spacial score (nSPS) is 10.3. The zero-order valence-electron chi connectivity index (χ0n) is 14.8. The Morgan fingerprint density at radius 2 is 1.78 bits per heavy atom. The Balaban J connectivity index is 1.54. The lowest BCUT2D eigenvalue weighted by Crippen LogP contribution is -2.14. The molecule has 6 nitrogen and oxygen atoms in total. The van der Waals surface area contributed by atoms with Gasteiger partial charge in [0.25, 0.3) is 5.91 Å². The zero-order chi connectivity index (χ0) is 19.1. The number of benzene rings is 2. The first-order chi connectivity index (χ1) is 13.2. The van der Waals surface area contributed by atoms with Gasteiger partial charge in [-0.1, -0.05) is 24.3 Å². The average Bonchev–Trinajstić information content (AvgIpc) is 2.70. The summed E-state index contributed by atoms with van der Waals surface area (Å²) in [7, 11) is 1.54. The van der Waals surface area contributed by atoms with E-state index in [1.807, 2.05) is 12.1 Å². The molecule has 1 amide bonds. The van der Waals surface area contributed by atoms with E-state index in [-0.39, 0.29) is 11.7 Å². The fourth-order valence-electron chi connectivity index (χ4n) is 2.45. The van der Waals surface area contributed by atoms with E-state index in [4.69, 9.17) is 4.74 Å². The largest absolute Gasteiger partial charge is 0.495 e. The molecule has 0 aliphatic heterocycles. The van der Waals surface area contributed by atoms with Crippen LogP contribution in [-0.2, 0) is 6.42 Å². The van der Waals surface area contributed by atoms with Crippen molar-refractivity contribution in [3.63, 3.8) is 0 Å². The number of para-hydroxylation sites is 2. The second-order valence-electron chi connectivity index (χ2n) is 5.75. The number of halogens is 1. The molecule has 138 valence electrons. The van der Waals surface area contributed by atoms with Gasteiger partial charge in [-0.25, -0.2) is 14.4 Å². The molecule has 0 saturated carbocycles. The predicted molar refractivity (Wildman–Crippen MR) is 102 cm³/mol. The standard InChI is InChI=1S/C20H19FN4O2/c1-27-18-5-3-2-4-17(18)25-19(26)15-12-23-20(24-13-15)22-11-10-14-6-8-16(21)9-7-14/h2-9,12-13H,10-11H2,1H3,(H,25,26)(H,22,23,24). The van der Waals surface area contributed by atoms with E-state index in [9.17, 15) is 9.18 Å². The van der Waals surface area contributed by atoms with Crippen LogP contribution in [0, 0.1) is 5.82 Å². The van der Waals surface area contributed by atoms with Crippen LogP contribution in [0.1, 0.15) is 15.9 Å². The number of carbonyl (C=O) groups excluding carboxylic acids is 1. The van der Waals surface area contributed by atoms with Crippen molar-refractivity contribution >= 4 is 17.5 Å². The number of amides is 1. The summed E-state index contributed by atoms with van der Waals surface area (Å²) in [5.41, 5.74) is 1.92. The number of ether oxygens (including phenoxy) is 1. The number of aromatic nitrogens is 2. The van der Waals surface area contributed by atoms with Crippen molar-refractivity contribution in [1.82, 2.24) is 9.97 Å². The summed E-state index contributed by atoms with van der Waals surface area (Å²) in [5.74, 6) is 0.422. The van der Waals surface area contributed by atoms with Crippen LogP contribution in [0.25, 0.3) is 0 Å². The van der Waals surface area contributed by atoms with Crippen molar-refractivity contribution < 1.29 is 13.9 Å². The first-order valence-electron chi connectivity index (χ1n) is 8.40. The van der Waals surface area contributed by atoms with E-state index in [0.717, 1.165) is 5.56 Å². The highest BCUT2D eigenvalue weighted by Gasteiger charge is 2.10. The molecule has 0 spiro atoms. The Hall–Kier alpha value is -3.48. The number of hydrogen-bond donors (Lipinski definition) is 2. The van der Waals surface area contributed by atoms with Gasteiger partial charge < -0.3 is 15.4 Å². The number of nitrogens with zero attached hydrogens (tertiary/aromatic N) is 2. The van der Waals surface area contributed by atoms with Crippen molar-refractivity contribution in [2.45, 2.75) is 6.42 Å². The number of hydrogen-bond acceptors (Lipinski definition) is 5. The molecule has 0 fully saturated rings. The minimum Gasteiger partial charge on any atom is -0.495 e. The van der Waals surface area contributed by atoms with Gasteiger partial charge in [0.1, 0.15) is 11.6 Å². The lowest BCUT2D eigenvalue weighted by molar-refractivity contribution is 0.102. The van der Waals surface area contributed by atoms with Crippen molar-refractivity contribution in [3.8, 4) is 5.75 Å². The topological polar surface area (TPSA) is 76.1 Å². The van der Waals surface area contributed by atoms with Crippen LogP contribution < -0.4 is 15.4 Å². The second kappa shape index (κ2) is 8.75. The van der Waals surface area contributed by atoms with Gasteiger partial charge in [0.15, 0.2) is 0 Å². The van der Waals surface area contributed by atoms with Crippen molar-refractivity contribution in [3.05, 3.63) is 77.9 Å². The first kappa shape index (κ1) is 18.3. The molecule has 1 aromatic heterocycles. The van der Waals surface area contributed by atoms with Gasteiger partial charge in [0.05, 0.1) is 18.4 Å². The third-order valence-electron chi connectivity index (χ3n) is 3.88. The molecule has 0 saturated heterocycles. The van der Waals surface area contributed by atoms with E-state index < -0.39 is 0 Å². The molecule has 1 heterocycles. The minimum absolute atomic E-state index is 0.253. The molecule has 3 rings (SSSR count). The van der Waals surface area contributed by atoms with E-state index in [2.05, 4.69) is 20.6 Å². The lowest BCUT2D eigenvalue weighted by Gasteiger charge is -2.10. The van der Waals surface area contributed by atoms with Crippen LogP contribution in [0.15, 0.2) is 60.9 Å². The first-order valence-corrected chi connectivity index (χ1v) is 8.40. The van der Waals surface area contributed by atoms with Gasteiger partial charge in [-0.05, 0) is 36.2 Å². The van der Waals surface area contributed by atoms with Crippen LogP contribution in [0.2, 0.25) is 0 Å². The molecule has 2 aromatic carbocycles. The molecule has 0 aliphatic carbocycles. The molecule has 0 atom stereocenters. The fourth-order valence-corrected chi connectivity index (χ4v) is 2.45. The third-order valence-corrected chi connectivity index (χ3v) is 3.88. The Morgan fingerprint density at radius 1 is 1.07 bits per heavy atom. The smallest absolute Gasteiger partial charge is 0.258 e. The second-order valence-corrected chi connectivity index (χ2v) is 5.75. The summed E-state index contributed by atoms with van der Waals surface area (Å²) in [6.07, 6.45) is 3.62. The maximum absolute atomic E-state index is 12.9. The quantitative estimate of drug-likeness (QED) is 0.669. The van der Waals surface area contributed by atoms with Gasteiger partial charge in [-0.15, -0.1) is 0 Å². The molecule has 2 N–H and O–H groups in total. The Morgan fingerprint density at radius 3 is 2.48 bits per heavy atom. The van der Waals surface area contributed by atoms with E-state index in [0.29, 0.717) is 35.9 Å². The highest BCUT2D eigenvalue weighted by atomic mass is 19.1. The Kier molecular flexibility index (Phi) is 5.94. The third kappa shape index (κ3) is 5.01. The van der Waals surface area contributed by atoms with Crippen LogP contribution in [-0.4, -0.2) is 29.5 Å². The van der Waals surface area contributed by atoms with Gasteiger partial charge in [-0.2, -0.15) is 0 Å². The number of anilines is 2. The number of methoxy groups -OCH3 is 1. The molecular formula is C20H19FN4O2. The molecule has 3 aromatic rings. The highest BCUT2D eigenvalue weighted by molar-refractivity contribution is 6.04. The molecular weight excluding hydrogens is 347 g/mol. The van der Waals surface area contributed by atoms with Crippen molar-refractivity contribution in [1.29, 1.82) is 0 Å². The Bertz CT molecular complexity index is 899. The van der Waals surface area contributed by atoms with Crippen molar-refractivity contribution in [2.24, 2.45) is 0 Å². The number of nitrogens with one attached hydrogen (secondary N) is 2. The SMILES string of the molecule is COc1ccccc1NC(=O)c1cnc(NCCc2ccc(F)cc2)nc1. The number of carbonyl (C=O) groups is 1. The zero-order valence-corrected chi connectivity index (χ0v) is 14.8. The van der Waals surface area contributed by atoms with Gasteiger partial charge in [0.2, 0.25) is 5.95 Å². The molecule has 0 unspecified atom stereocenters. The monoisotopic (exact) mass is 366 g/mol. The average molecular weight is 366 g/mol. The molecule has 7 heteroatoms. The Labute approximate surface area is 156 Å². The highest BCUT2D eigenvalue weighted by Crippen LogP contribution is 2.23. The summed E-state index contributed by atoms with van der Waals surface area (Å²) in [5, 5.41) is 5.85. The van der Waals surface area contributed by atoms with Crippen LogP contribution in [0.5, 0.6) is 5.75 Å². The lowest BCUT2D eigenvalue weighted by atomic mass is 10.1. The molecule has 27 heavy (non-hydrogen) atoms. The molecule has 0 aliphatic rings. The van der Waals surface area contributed by atoms with Gasteiger partial charge in [0, 0.05) is 18.9 Å². The predicted octanol–water partition coefficient (Wildman–Crippen LogP) is 3.53. The minimum atomic E-state index is -0.322. The summed E-state index contributed by atoms with van der Waals surface area (Å²) in [4.78, 5) is 20.6. The van der Waals surface area contributed by atoms with E-state index in [1.165, 1.54) is 24.5 Å². The van der Waals surface area contributed by atoms with E-state index >= 15 is 0 Å². The summed E-state index contributed by atoms with van der Waals surface area (Å²) in [6, 6.07) is 13.5. The summed E-state index contributed by atoms with van der Waals surface area (Å²) in [6.45, 7) is 0.596.